The Morgan fingerprint density at radius 3 is 2.76 bits per heavy atom. The third-order valence-electron chi connectivity index (χ3n) is 3.58. The summed E-state index contributed by atoms with van der Waals surface area (Å²) in [4.78, 5) is 0. The molecule has 5 heteroatoms. The predicted molar refractivity (Wildman–Crippen MR) is 88.4 cm³/mol. The average Bonchev–Trinajstić information content (AvgIpc) is 2.88. The van der Waals surface area contributed by atoms with E-state index in [0.717, 1.165) is 23.9 Å². The number of nitrogens with zero attached hydrogens (tertiary/aromatic N) is 2. The van der Waals surface area contributed by atoms with Crippen molar-refractivity contribution in [1.29, 1.82) is 0 Å². The van der Waals surface area contributed by atoms with Crippen molar-refractivity contribution in [3.8, 4) is 0 Å². The van der Waals surface area contributed by atoms with Crippen LogP contribution in [0.4, 0.5) is 0 Å². The highest BCUT2D eigenvalue weighted by Crippen LogP contribution is 2.26. The zero-order valence-electron chi connectivity index (χ0n) is 12.6. The fourth-order valence-corrected chi connectivity index (χ4v) is 3.02. The lowest BCUT2D eigenvalue weighted by Gasteiger charge is -2.19. The molecule has 0 aliphatic rings. The first-order valence-electron chi connectivity index (χ1n) is 7.17. The predicted octanol–water partition coefficient (Wildman–Crippen LogP) is 3.19. The standard InChI is InChI=1S/C16H22BrN3O/c1-18-15(9-8-13-6-4-3-5-7-13)16-14(17)12-19-20(16)10-11-21-2/h3-7,12,15,18H,8-11H2,1-2H3. The summed E-state index contributed by atoms with van der Waals surface area (Å²) in [5.41, 5.74) is 2.54. The van der Waals surface area contributed by atoms with E-state index in [9.17, 15) is 0 Å². The van der Waals surface area contributed by atoms with Gasteiger partial charge in [0.25, 0.3) is 0 Å². The lowest BCUT2D eigenvalue weighted by molar-refractivity contribution is 0.181. The minimum atomic E-state index is 0.263. The number of rotatable bonds is 8. The van der Waals surface area contributed by atoms with Crippen LogP contribution in [0.1, 0.15) is 23.7 Å². The Bertz CT molecular complexity index is 542. The number of hydrogen-bond acceptors (Lipinski definition) is 3. The van der Waals surface area contributed by atoms with Crippen LogP contribution in [0, 0.1) is 0 Å². The Hall–Kier alpha value is -1.17. The Labute approximate surface area is 134 Å². The normalized spacial score (nSPS) is 12.5. The van der Waals surface area contributed by atoms with Crippen LogP contribution in [0.15, 0.2) is 41.0 Å². The van der Waals surface area contributed by atoms with E-state index in [4.69, 9.17) is 4.74 Å². The number of benzene rings is 1. The van der Waals surface area contributed by atoms with Gasteiger partial charge in [-0.25, -0.2) is 0 Å². The highest BCUT2D eigenvalue weighted by molar-refractivity contribution is 9.10. The number of methoxy groups -OCH3 is 1. The largest absolute Gasteiger partial charge is 0.383 e. The summed E-state index contributed by atoms with van der Waals surface area (Å²) in [6.07, 6.45) is 3.92. The number of hydrogen-bond donors (Lipinski definition) is 1. The first kappa shape index (κ1) is 16.2. The lowest BCUT2D eigenvalue weighted by Crippen LogP contribution is -2.22. The first-order chi connectivity index (χ1) is 10.3. The number of ether oxygens (including phenoxy) is 1. The van der Waals surface area contributed by atoms with E-state index < -0.39 is 0 Å². The van der Waals surface area contributed by atoms with Crippen molar-refractivity contribution in [3.05, 3.63) is 52.3 Å². The Balaban J connectivity index is 2.08. The molecule has 2 rings (SSSR count). The summed E-state index contributed by atoms with van der Waals surface area (Å²) in [7, 11) is 3.71. The SMILES string of the molecule is CNC(CCc1ccccc1)c1c(Br)cnn1CCOC. The van der Waals surface area contributed by atoms with E-state index in [2.05, 4.69) is 56.7 Å². The summed E-state index contributed by atoms with van der Waals surface area (Å²) in [5, 5.41) is 7.83. The van der Waals surface area contributed by atoms with Gasteiger partial charge < -0.3 is 10.1 Å². The van der Waals surface area contributed by atoms with E-state index in [1.54, 1.807) is 7.11 Å². The number of halogens is 1. The van der Waals surface area contributed by atoms with Crippen LogP contribution in [0.3, 0.4) is 0 Å². The van der Waals surface area contributed by atoms with Crippen molar-refractivity contribution in [3.63, 3.8) is 0 Å². The van der Waals surface area contributed by atoms with Gasteiger partial charge in [0, 0.05) is 7.11 Å². The molecule has 4 nitrogen and oxygen atoms in total. The van der Waals surface area contributed by atoms with Gasteiger partial charge in [-0.15, -0.1) is 0 Å². The van der Waals surface area contributed by atoms with Crippen LogP contribution in [0.2, 0.25) is 0 Å². The molecule has 2 aromatic rings. The van der Waals surface area contributed by atoms with Crippen molar-refractivity contribution < 1.29 is 4.74 Å². The monoisotopic (exact) mass is 351 g/mol. The maximum atomic E-state index is 5.16. The van der Waals surface area contributed by atoms with E-state index >= 15 is 0 Å². The van der Waals surface area contributed by atoms with Gasteiger partial charge in [-0.3, -0.25) is 4.68 Å². The number of aromatic nitrogens is 2. The topological polar surface area (TPSA) is 39.1 Å². The molecular weight excluding hydrogens is 330 g/mol. The fourth-order valence-electron chi connectivity index (χ4n) is 2.45. The maximum absolute atomic E-state index is 5.16. The molecule has 1 unspecified atom stereocenters. The molecule has 114 valence electrons. The second-order valence-electron chi connectivity index (χ2n) is 4.96. The Kier molecular flexibility index (Phi) is 6.42. The van der Waals surface area contributed by atoms with Crippen LogP contribution >= 0.6 is 15.9 Å². The summed E-state index contributed by atoms with van der Waals surface area (Å²) in [6.45, 7) is 1.43. The second-order valence-corrected chi connectivity index (χ2v) is 5.81. The van der Waals surface area contributed by atoms with Gasteiger partial charge in [-0.2, -0.15) is 5.10 Å². The lowest BCUT2D eigenvalue weighted by atomic mass is 10.0. The first-order valence-corrected chi connectivity index (χ1v) is 7.97. The Morgan fingerprint density at radius 2 is 2.10 bits per heavy atom. The molecule has 0 radical (unpaired) electrons. The van der Waals surface area contributed by atoms with Crippen molar-refractivity contribution in [1.82, 2.24) is 15.1 Å². The summed E-state index contributed by atoms with van der Waals surface area (Å²) >= 11 is 3.61. The van der Waals surface area contributed by atoms with Gasteiger partial charge >= 0.3 is 0 Å². The highest BCUT2D eigenvalue weighted by Gasteiger charge is 2.18. The highest BCUT2D eigenvalue weighted by atomic mass is 79.9. The van der Waals surface area contributed by atoms with Crippen molar-refractivity contribution >= 4 is 15.9 Å². The van der Waals surface area contributed by atoms with Gasteiger partial charge in [0.2, 0.25) is 0 Å². The second kappa shape index (κ2) is 8.32. The zero-order valence-corrected chi connectivity index (χ0v) is 14.1. The van der Waals surface area contributed by atoms with Crippen LogP contribution in [0.5, 0.6) is 0 Å². The van der Waals surface area contributed by atoms with Gasteiger partial charge in [-0.1, -0.05) is 30.3 Å². The quantitative estimate of drug-likeness (QED) is 0.793. The summed E-state index contributed by atoms with van der Waals surface area (Å²) < 4.78 is 8.22. The molecule has 0 bridgehead atoms. The third kappa shape index (κ3) is 4.40. The molecular formula is C16H22BrN3O. The van der Waals surface area contributed by atoms with Crippen LogP contribution in [0.25, 0.3) is 0 Å². The molecule has 0 amide bonds. The van der Waals surface area contributed by atoms with Crippen molar-refractivity contribution in [2.24, 2.45) is 0 Å². The van der Waals surface area contributed by atoms with Crippen LogP contribution < -0.4 is 5.32 Å². The molecule has 1 heterocycles. The van der Waals surface area contributed by atoms with Gasteiger partial charge in [0.15, 0.2) is 0 Å². The molecule has 0 aliphatic carbocycles. The van der Waals surface area contributed by atoms with Gasteiger partial charge in [0.1, 0.15) is 0 Å². The molecule has 0 fully saturated rings. The van der Waals surface area contributed by atoms with Crippen LogP contribution in [-0.4, -0.2) is 30.5 Å². The van der Waals surface area contributed by atoms with Gasteiger partial charge in [0.05, 0.1) is 35.6 Å². The van der Waals surface area contributed by atoms with E-state index in [-0.39, 0.29) is 6.04 Å². The molecule has 0 saturated carbocycles. The number of aryl methyl sites for hydroxylation is 1. The summed E-state index contributed by atoms with van der Waals surface area (Å²) in [6, 6.07) is 10.8. The molecule has 0 saturated heterocycles. The number of nitrogens with one attached hydrogen (secondary N) is 1. The molecule has 0 aliphatic heterocycles. The maximum Gasteiger partial charge on any atom is 0.0696 e. The van der Waals surface area contributed by atoms with Crippen molar-refractivity contribution in [2.45, 2.75) is 25.4 Å². The third-order valence-corrected chi connectivity index (χ3v) is 4.19. The molecule has 21 heavy (non-hydrogen) atoms. The van der Waals surface area contributed by atoms with E-state index in [0.29, 0.717) is 6.61 Å². The summed E-state index contributed by atoms with van der Waals surface area (Å²) in [5.74, 6) is 0. The van der Waals surface area contributed by atoms with Crippen LogP contribution in [-0.2, 0) is 17.7 Å². The molecule has 0 spiro atoms. The smallest absolute Gasteiger partial charge is 0.0696 e. The minimum Gasteiger partial charge on any atom is -0.383 e. The van der Waals surface area contributed by atoms with Gasteiger partial charge in [-0.05, 0) is 41.4 Å². The van der Waals surface area contributed by atoms with Crippen molar-refractivity contribution in [2.75, 3.05) is 20.8 Å². The molecule has 1 N–H and O–H groups in total. The Morgan fingerprint density at radius 1 is 1.33 bits per heavy atom. The average molecular weight is 352 g/mol. The fraction of sp³-hybridized carbons (Fsp3) is 0.438. The van der Waals surface area contributed by atoms with E-state index in [1.165, 1.54) is 11.3 Å². The molecule has 1 atom stereocenters. The van der Waals surface area contributed by atoms with E-state index in [1.807, 2.05) is 17.9 Å². The molecule has 1 aromatic carbocycles. The zero-order chi connectivity index (χ0) is 15.1. The minimum absolute atomic E-state index is 0.263. The molecule has 1 aromatic heterocycles.